The molecule has 5 N–H and O–H groups in total. The second-order valence-electron chi connectivity index (χ2n) is 12.1. The number of benzene rings is 4. The molecule has 23 heteroatoms. The quantitative estimate of drug-likeness (QED) is 0.0523. The number of rotatable bonds is 12. The van der Waals surface area contributed by atoms with Gasteiger partial charge in [0.1, 0.15) is 47.1 Å². The van der Waals surface area contributed by atoms with Crippen LogP contribution in [-0.4, -0.2) is 77.9 Å². The molecule has 0 aromatic heterocycles. The predicted octanol–water partition coefficient (Wildman–Crippen LogP) is 3.85. The molecule has 4 aromatic rings. The van der Waals surface area contributed by atoms with Crippen molar-refractivity contribution in [2.24, 2.45) is 5.73 Å². The van der Waals surface area contributed by atoms with Gasteiger partial charge in [-0.1, -0.05) is 26.0 Å². The number of carbonyl (C=O) groups is 6. The number of aldehydes is 1. The van der Waals surface area contributed by atoms with Crippen LogP contribution >= 0.6 is 31.9 Å². The third-order valence-corrected chi connectivity index (χ3v) is 8.56. The molecule has 2 amide bonds. The van der Waals surface area contributed by atoms with Crippen molar-refractivity contribution in [2.75, 3.05) is 33.9 Å². The summed E-state index contributed by atoms with van der Waals surface area (Å²) in [7, 11) is 7.25. The normalized spacial score (nSPS) is 10.4. The SMILES string of the molecule is CC(=O)OOC(C)=O.CCN.CCNC[C@@H](NC(=O)c1ccc(Br)c(OC)c1)c1c(F)cccc1F.COc1cc(C(=O)N[C@H](C=O)c2c(F)cccc2F)ccc1Br.[B-]OC(C)=O.[Na+]. The number of methoxy groups -OCH3 is 2. The standard InChI is InChI=1S/C18H19BrF2N2O2.C16H12BrF2NO3.C4H6O4.C2H3BO2.C2H7N.Na/c1-3-22-10-15(17-13(20)5-4-6-14(17)21)23-18(24)11-7-8-12(19)16(9-11)25-2;1-23-14-7-9(5-6-10(14)17)16(22)20-13(8-21)15-11(18)3-2-4-12(15)19;1-3(5)7-8-4(2)6;1-2(4)5-3;1-2-3;/h4-9,15,22H,3,10H2,1-2H3,(H,23,24);2-8,13H,1H3,(H,20,22);1-2H3;1H3;2-3H2,1H3;/q;;;-1;;+1/t15-;13-;;;;/m11..../s1. The summed E-state index contributed by atoms with van der Waals surface area (Å²) in [6.45, 7) is 8.85. The fraction of sp³-hybridized carbons (Fsp3) is 0.286. The van der Waals surface area contributed by atoms with Crippen LogP contribution in [0.3, 0.4) is 0 Å². The number of nitrogens with two attached hydrogens (primary N) is 1. The van der Waals surface area contributed by atoms with Crippen LogP contribution in [0.4, 0.5) is 17.6 Å². The molecule has 0 unspecified atom stereocenters. The van der Waals surface area contributed by atoms with Crippen LogP contribution in [0.1, 0.15) is 78.5 Å². The Morgan fingerprint density at radius 1 is 0.692 bits per heavy atom. The molecule has 0 bridgehead atoms. The minimum atomic E-state index is -1.43. The molecule has 2 atom stereocenters. The summed E-state index contributed by atoms with van der Waals surface area (Å²) in [6, 6.07) is 13.9. The number of nitrogens with one attached hydrogen (secondary N) is 3. The Labute approximate surface area is 414 Å². The summed E-state index contributed by atoms with van der Waals surface area (Å²) in [4.78, 5) is 72.7. The molecule has 4 rings (SSSR count). The van der Waals surface area contributed by atoms with Crippen molar-refractivity contribution >= 4 is 75.9 Å². The van der Waals surface area contributed by atoms with Crippen LogP contribution in [-0.2, 0) is 33.6 Å². The predicted molar refractivity (Wildman–Crippen MR) is 235 cm³/mol. The molecule has 0 aliphatic heterocycles. The van der Waals surface area contributed by atoms with Gasteiger partial charge in [0.25, 0.3) is 11.8 Å². The zero-order valence-corrected chi connectivity index (χ0v) is 41.9. The van der Waals surface area contributed by atoms with E-state index in [2.05, 4.69) is 70.3 Å². The van der Waals surface area contributed by atoms with Gasteiger partial charge in [-0.25, -0.2) is 36.9 Å². The zero-order chi connectivity index (χ0) is 48.9. The summed E-state index contributed by atoms with van der Waals surface area (Å²) >= 11 is 6.56. The third kappa shape index (κ3) is 23.8. The number of halogens is 6. The van der Waals surface area contributed by atoms with E-state index >= 15 is 0 Å². The molecule has 4 aromatic carbocycles. The Hall–Kier alpha value is -4.84. The number of hydrogen-bond donors (Lipinski definition) is 4. The Kier molecular flexibility index (Phi) is 33.0. The largest absolute Gasteiger partial charge is 1.00 e. The Morgan fingerprint density at radius 2 is 1.06 bits per heavy atom. The van der Waals surface area contributed by atoms with Gasteiger partial charge in [0.2, 0.25) is 5.97 Å². The summed E-state index contributed by atoms with van der Waals surface area (Å²) < 4.78 is 70.9. The summed E-state index contributed by atoms with van der Waals surface area (Å²) in [5.74, 6) is -5.15. The first-order valence-corrected chi connectivity index (χ1v) is 20.1. The summed E-state index contributed by atoms with van der Waals surface area (Å²) in [5.41, 5.74) is 4.70. The fourth-order valence-electron chi connectivity index (χ4n) is 4.53. The first-order valence-electron chi connectivity index (χ1n) is 18.5. The summed E-state index contributed by atoms with van der Waals surface area (Å²) in [6.07, 6.45) is 0.273. The molecule has 0 aliphatic carbocycles. The van der Waals surface area contributed by atoms with Crippen molar-refractivity contribution in [1.29, 1.82) is 0 Å². The van der Waals surface area contributed by atoms with E-state index in [1.807, 2.05) is 13.8 Å². The van der Waals surface area contributed by atoms with Gasteiger partial charge in [0, 0.05) is 44.0 Å². The second-order valence-corrected chi connectivity index (χ2v) is 13.8. The molecule has 0 aliphatic rings. The van der Waals surface area contributed by atoms with Gasteiger partial charge < -0.3 is 48.7 Å². The molecular formula is C42H47BBr2F4N4NaO11. The van der Waals surface area contributed by atoms with E-state index < -0.39 is 70.6 Å². The molecule has 0 heterocycles. The topological polar surface area (TPSA) is 211 Å². The second kappa shape index (κ2) is 34.5. The van der Waals surface area contributed by atoms with Crippen molar-refractivity contribution in [3.8, 4) is 11.5 Å². The van der Waals surface area contributed by atoms with E-state index in [1.54, 1.807) is 24.3 Å². The first-order chi connectivity index (χ1) is 30.3. The van der Waals surface area contributed by atoms with Crippen LogP contribution in [0.15, 0.2) is 81.7 Å². The average molecular weight is 1050 g/mol. The number of ether oxygens (including phenoxy) is 2. The van der Waals surface area contributed by atoms with Crippen LogP contribution in [0.25, 0.3) is 0 Å². The first kappa shape index (κ1) is 62.3. The fourth-order valence-corrected chi connectivity index (χ4v) is 5.34. The molecule has 0 saturated carbocycles. The van der Waals surface area contributed by atoms with Crippen molar-refractivity contribution in [1.82, 2.24) is 16.0 Å². The van der Waals surface area contributed by atoms with Crippen molar-refractivity contribution < 1.29 is 99.8 Å². The Morgan fingerprint density at radius 3 is 1.38 bits per heavy atom. The van der Waals surface area contributed by atoms with E-state index in [0.29, 0.717) is 32.6 Å². The minimum Gasteiger partial charge on any atom is -0.793 e. The maximum atomic E-state index is 14.1. The Balaban J connectivity index is 0. The van der Waals surface area contributed by atoms with Gasteiger partial charge in [-0.2, -0.15) is 0 Å². The van der Waals surface area contributed by atoms with Gasteiger partial charge in [-0.05, 0) is 106 Å². The number of likely N-dealkylation sites (N-methyl/N-ethyl adjacent to an activating group) is 1. The van der Waals surface area contributed by atoms with Crippen LogP contribution in [0.5, 0.6) is 11.5 Å². The molecule has 0 saturated heterocycles. The van der Waals surface area contributed by atoms with Gasteiger partial charge in [-0.3, -0.25) is 14.4 Å². The maximum Gasteiger partial charge on any atom is 1.00 e. The third-order valence-electron chi connectivity index (χ3n) is 7.25. The smallest absolute Gasteiger partial charge is 0.793 e. The molecule has 0 fully saturated rings. The van der Waals surface area contributed by atoms with Crippen molar-refractivity contribution in [2.45, 2.75) is 46.7 Å². The van der Waals surface area contributed by atoms with Gasteiger partial charge in [0.05, 0.1) is 34.8 Å². The molecule has 65 heavy (non-hydrogen) atoms. The molecule has 0 spiro atoms. The summed E-state index contributed by atoms with van der Waals surface area (Å²) in [5, 5.41) is 7.99. The molecular weight excluding hydrogens is 1010 g/mol. The zero-order valence-electron chi connectivity index (χ0n) is 36.7. The van der Waals surface area contributed by atoms with Gasteiger partial charge in [0.15, 0.2) is 0 Å². The van der Waals surface area contributed by atoms with E-state index in [9.17, 15) is 46.3 Å². The van der Waals surface area contributed by atoms with Crippen LogP contribution in [0.2, 0.25) is 0 Å². The molecule has 15 nitrogen and oxygen atoms in total. The van der Waals surface area contributed by atoms with E-state index in [4.69, 9.17) is 15.2 Å². The van der Waals surface area contributed by atoms with Crippen molar-refractivity contribution in [3.63, 3.8) is 0 Å². The van der Waals surface area contributed by atoms with E-state index in [1.165, 1.54) is 57.5 Å². The number of amides is 2. The average Bonchev–Trinajstić information content (AvgIpc) is 3.25. The van der Waals surface area contributed by atoms with E-state index in [-0.39, 0.29) is 53.5 Å². The number of carbonyl (C=O) groups excluding carboxylic acids is 6. The minimum absolute atomic E-state index is 0. The van der Waals surface area contributed by atoms with Crippen molar-refractivity contribution in [3.05, 3.63) is 127 Å². The van der Waals surface area contributed by atoms with Gasteiger partial charge >= 0.3 is 41.5 Å². The van der Waals surface area contributed by atoms with Crippen LogP contribution in [0, 0.1) is 23.3 Å². The van der Waals surface area contributed by atoms with Crippen LogP contribution < -0.4 is 60.7 Å². The molecule has 347 valence electrons. The maximum absolute atomic E-state index is 14.1. The molecule has 3 radical (unpaired) electrons. The Bertz CT molecular complexity index is 2110. The van der Waals surface area contributed by atoms with E-state index in [0.717, 1.165) is 32.5 Å². The monoisotopic (exact) mass is 1050 g/mol. The van der Waals surface area contributed by atoms with Gasteiger partial charge in [-0.15, -0.1) is 0 Å². The number of hydrogen-bond acceptors (Lipinski definition) is 13.